The summed E-state index contributed by atoms with van der Waals surface area (Å²) >= 11 is 3.55. The second kappa shape index (κ2) is 9.17. The summed E-state index contributed by atoms with van der Waals surface area (Å²) in [5, 5.41) is 3.13. The highest BCUT2D eigenvalue weighted by Gasteiger charge is 2.02. The van der Waals surface area contributed by atoms with Gasteiger partial charge < -0.3 is 10.1 Å². The molecule has 0 unspecified atom stereocenters. The monoisotopic (exact) mass is 311 g/mol. The van der Waals surface area contributed by atoms with E-state index in [2.05, 4.69) is 40.0 Å². The molecule has 2 nitrogen and oxygen atoms in total. The van der Waals surface area contributed by atoms with Crippen LogP contribution in [-0.4, -0.2) is 13.7 Å². The molecule has 0 amide bonds. The second-order valence-corrected chi connectivity index (χ2v) is 5.14. The molecule has 0 saturated carbocycles. The highest BCUT2D eigenvalue weighted by Crippen LogP contribution is 2.26. The Hall–Kier alpha value is -0.800. The van der Waals surface area contributed by atoms with E-state index in [0.29, 0.717) is 0 Å². The lowest BCUT2D eigenvalue weighted by molar-refractivity contribution is 0.303. The molecule has 0 heterocycles. The average Bonchev–Trinajstić information content (AvgIpc) is 2.36. The van der Waals surface area contributed by atoms with Gasteiger partial charge in [0.05, 0.1) is 11.1 Å². The highest BCUT2D eigenvalue weighted by molar-refractivity contribution is 9.10. The van der Waals surface area contributed by atoms with Gasteiger partial charge in [-0.3, -0.25) is 0 Å². The largest absolute Gasteiger partial charge is 0.492 e. The van der Waals surface area contributed by atoms with Crippen molar-refractivity contribution in [3.05, 3.63) is 40.9 Å². The van der Waals surface area contributed by atoms with E-state index in [0.717, 1.165) is 36.2 Å². The van der Waals surface area contributed by atoms with E-state index >= 15 is 0 Å². The van der Waals surface area contributed by atoms with Gasteiger partial charge in [0.15, 0.2) is 0 Å². The van der Waals surface area contributed by atoms with Crippen molar-refractivity contribution in [1.82, 2.24) is 5.32 Å². The summed E-state index contributed by atoms with van der Waals surface area (Å²) in [4.78, 5) is 0. The van der Waals surface area contributed by atoms with Crippen molar-refractivity contribution in [1.29, 1.82) is 0 Å². The summed E-state index contributed by atoms with van der Waals surface area (Å²) in [6, 6.07) is 6.22. The van der Waals surface area contributed by atoms with Crippen LogP contribution in [0.5, 0.6) is 5.75 Å². The van der Waals surface area contributed by atoms with E-state index in [-0.39, 0.29) is 0 Å². The first-order chi connectivity index (χ1) is 8.77. The number of rotatable bonds is 9. The van der Waals surface area contributed by atoms with Crippen molar-refractivity contribution in [3.63, 3.8) is 0 Å². The summed E-state index contributed by atoms with van der Waals surface area (Å²) in [7, 11) is 1.95. The van der Waals surface area contributed by atoms with Crippen LogP contribution < -0.4 is 10.1 Å². The maximum Gasteiger partial charge on any atom is 0.133 e. The number of allylic oxidation sites excluding steroid dienone is 1. The van der Waals surface area contributed by atoms with Crippen LogP contribution in [0.2, 0.25) is 0 Å². The maximum atomic E-state index is 5.76. The molecule has 0 atom stereocenters. The van der Waals surface area contributed by atoms with Crippen LogP contribution in [0.1, 0.15) is 31.2 Å². The van der Waals surface area contributed by atoms with Crippen LogP contribution in [0.4, 0.5) is 0 Å². The lowest BCUT2D eigenvalue weighted by Crippen LogP contribution is -2.05. The minimum atomic E-state index is 0.779. The Bertz CT molecular complexity index is 366. The van der Waals surface area contributed by atoms with E-state index < -0.39 is 0 Å². The lowest BCUT2D eigenvalue weighted by Gasteiger charge is -2.09. The Morgan fingerprint density at radius 2 is 2.17 bits per heavy atom. The van der Waals surface area contributed by atoms with Crippen molar-refractivity contribution in [3.8, 4) is 5.75 Å². The van der Waals surface area contributed by atoms with Crippen molar-refractivity contribution >= 4 is 15.9 Å². The van der Waals surface area contributed by atoms with Gasteiger partial charge in [-0.1, -0.05) is 12.1 Å². The van der Waals surface area contributed by atoms with Crippen molar-refractivity contribution in [2.75, 3.05) is 13.7 Å². The first-order valence-corrected chi connectivity index (χ1v) is 7.24. The topological polar surface area (TPSA) is 21.3 Å². The zero-order valence-electron chi connectivity index (χ0n) is 11.0. The first kappa shape index (κ1) is 15.3. The number of hydrogen-bond donors (Lipinski definition) is 1. The molecule has 0 aliphatic heterocycles. The lowest BCUT2D eigenvalue weighted by atomic mass is 10.2. The summed E-state index contributed by atoms with van der Waals surface area (Å²) in [5.41, 5.74) is 1.25. The Morgan fingerprint density at radius 1 is 1.33 bits per heavy atom. The molecule has 0 bridgehead atoms. The summed E-state index contributed by atoms with van der Waals surface area (Å²) in [6.45, 7) is 5.37. The second-order valence-electron chi connectivity index (χ2n) is 4.28. The van der Waals surface area contributed by atoms with Crippen molar-refractivity contribution < 1.29 is 4.74 Å². The number of ether oxygens (including phenoxy) is 1. The summed E-state index contributed by atoms with van der Waals surface area (Å²) in [5.74, 6) is 0.929. The molecule has 0 aromatic heterocycles. The average molecular weight is 312 g/mol. The molecule has 1 rings (SSSR count). The molecular formula is C15H22BrNO. The molecule has 1 N–H and O–H groups in total. The molecule has 100 valence electrons. The molecule has 0 radical (unpaired) electrons. The number of benzene rings is 1. The zero-order chi connectivity index (χ0) is 13.2. The van der Waals surface area contributed by atoms with Gasteiger partial charge in [-0.25, -0.2) is 0 Å². The molecule has 0 fully saturated rings. The third-order valence-electron chi connectivity index (χ3n) is 2.69. The van der Waals surface area contributed by atoms with Gasteiger partial charge in [-0.2, -0.15) is 0 Å². The molecule has 0 saturated heterocycles. The van der Waals surface area contributed by atoms with E-state index in [1.54, 1.807) is 0 Å². The van der Waals surface area contributed by atoms with Crippen molar-refractivity contribution in [2.45, 2.75) is 32.2 Å². The van der Waals surface area contributed by atoms with E-state index in [4.69, 9.17) is 4.74 Å². The van der Waals surface area contributed by atoms with Crippen molar-refractivity contribution in [2.24, 2.45) is 0 Å². The fourth-order valence-electron chi connectivity index (χ4n) is 1.73. The molecule has 0 aliphatic rings. The number of halogens is 1. The molecule has 1 aromatic rings. The van der Waals surface area contributed by atoms with Gasteiger partial charge in [-0.05, 0) is 66.4 Å². The predicted octanol–water partition coefficient (Wildman–Crippen LogP) is 4.29. The van der Waals surface area contributed by atoms with Gasteiger partial charge in [0.25, 0.3) is 0 Å². The van der Waals surface area contributed by atoms with Crippen LogP contribution >= 0.6 is 15.9 Å². The van der Waals surface area contributed by atoms with E-state index in [9.17, 15) is 0 Å². The molecule has 1 aromatic carbocycles. The minimum Gasteiger partial charge on any atom is -0.492 e. The van der Waals surface area contributed by atoms with Crippen LogP contribution in [0.15, 0.2) is 35.3 Å². The Labute approximate surface area is 119 Å². The highest BCUT2D eigenvalue weighted by atomic mass is 79.9. The third-order valence-corrected chi connectivity index (χ3v) is 3.31. The fourth-order valence-corrected chi connectivity index (χ4v) is 2.27. The van der Waals surface area contributed by atoms with Gasteiger partial charge >= 0.3 is 0 Å². The smallest absolute Gasteiger partial charge is 0.133 e. The van der Waals surface area contributed by atoms with Gasteiger partial charge in [0, 0.05) is 6.54 Å². The van der Waals surface area contributed by atoms with E-state index in [1.807, 2.05) is 19.2 Å². The zero-order valence-corrected chi connectivity index (χ0v) is 12.6. The first-order valence-electron chi connectivity index (χ1n) is 6.44. The number of nitrogens with one attached hydrogen (secondary N) is 1. The van der Waals surface area contributed by atoms with Gasteiger partial charge in [-0.15, -0.1) is 6.58 Å². The standard InChI is InChI=1S/C15H22BrNO/c1-3-4-5-6-7-10-18-15-9-8-13(12-17-2)11-14(15)16/h3,8-9,11,17H,1,4-7,10,12H2,2H3. The normalized spacial score (nSPS) is 10.3. The molecule has 3 heteroatoms. The Morgan fingerprint density at radius 3 is 2.83 bits per heavy atom. The predicted molar refractivity (Wildman–Crippen MR) is 81.1 cm³/mol. The molecule has 0 aliphatic carbocycles. The Kier molecular flexibility index (Phi) is 7.78. The fraction of sp³-hybridized carbons (Fsp3) is 0.467. The third kappa shape index (κ3) is 5.69. The van der Waals surface area contributed by atoms with Gasteiger partial charge in [0.1, 0.15) is 5.75 Å². The van der Waals surface area contributed by atoms with Crippen LogP contribution in [0.3, 0.4) is 0 Å². The van der Waals surface area contributed by atoms with Crippen LogP contribution in [0.25, 0.3) is 0 Å². The van der Waals surface area contributed by atoms with Crippen LogP contribution in [-0.2, 0) is 6.54 Å². The van der Waals surface area contributed by atoms with E-state index in [1.165, 1.54) is 18.4 Å². The minimum absolute atomic E-state index is 0.779. The summed E-state index contributed by atoms with van der Waals surface area (Å²) < 4.78 is 6.79. The molecule has 0 spiro atoms. The van der Waals surface area contributed by atoms with Gasteiger partial charge in [0.2, 0.25) is 0 Å². The Balaban J connectivity index is 2.31. The quantitative estimate of drug-likeness (QED) is 0.542. The van der Waals surface area contributed by atoms with Crippen LogP contribution in [0, 0.1) is 0 Å². The number of unbranched alkanes of at least 4 members (excludes halogenated alkanes) is 3. The number of hydrogen-bond acceptors (Lipinski definition) is 2. The molecular weight excluding hydrogens is 290 g/mol. The molecule has 18 heavy (non-hydrogen) atoms. The SMILES string of the molecule is C=CCCCCCOc1ccc(CNC)cc1Br. The summed E-state index contributed by atoms with van der Waals surface area (Å²) in [6.07, 6.45) is 6.56. The maximum absolute atomic E-state index is 5.76.